The predicted octanol–water partition coefficient (Wildman–Crippen LogP) is 1.04. The van der Waals surface area contributed by atoms with Gasteiger partial charge in [-0.3, -0.25) is 9.11 Å². The first kappa shape index (κ1) is 37.7. The molecule has 3 N–H and O–H groups in total. The Bertz CT molecular complexity index is 458. The van der Waals surface area contributed by atoms with Gasteiger partial charge < -0.3 is 43.0 Å². The van der Waals surface area contributed by atoms with E-state index < -0.39 is 10.4 Å². The molecule has 0 saturated heterocycles. The van der Waals surface area contributed by atoms with Crippen LogP contribution in [0.5, 0.6) is 0 Å². The smallest absolute Gasteiger partial charge is 0.394 e. The molecule has 0 fully saturated rings. The van der Waals surface area contributed by atoms with Gasteiger partial charge in [-0.05, 0) is 6.42 Å². The largest absolute Gasteiger partial charge is 0.394 e. The zero-order chi connectivity index (χ0) is 27.0. The molecule has 0 rings (SSSR count). The summed E-state index contributed by atoms with van der Waals surface area (Å²) in [5.41, 5.74) is 0. The van der Waals surface area contributed by atoms with Gasteiger partial charge in [-0.25, -0.2) is 0 Å². The quantitative estimate of drug-likeness (QED) is 0.0930. The van der Waals surface area contributed by atoms with Crippen LogP contribution in [0.1, 0.15) is 32.6 Å². The number of hydrogen-bond acceptors (Lipinski definition) is 11. The van der Waals surface area contributed by atoms with Crippen molar-refractivity contribution in [2.75, 3.05) is 112 Å². The lowest BCUT2D eigenvalue weighted by Gasteiger charge is -2.08. The number of unbranched alkanes of at least 4 members (excludes halogenated alkanes) is 3. The summed E-state index contributed by atoms with van der Waals surface area (Å²) in [7, 11) is -4.67. The van der Waals surface area contributed by atoms with Crippen LogP contribution >= 0.6 is 0 Å². The van der Waals surface area contributed by atoms with E-state index in [1.807, 2.05) is 0 Å². The molecule has 0 aliphatic rings. The summed E-state index contributed by atoms with van der Waals surface area (Å²) in [5, 5.41) is 8.54. The summed E-state index contributed by atoms with van der Waals surface area (Å²) >= 11 is 0. The van der Waals surface area contributed by atoms with E-state index in [-0.39, 0.29) is 6.61 Å². The minimum atomic E-state index is -4.67. The molecule has 0 aromatic rings. The standard InChI is InChI=1S/C22H46O9.H2O4S/c1-2-3-4-5-7-24-9-11-26-13-15-28-17-19-30-21-22-31-20-18-29-16-14-27-12-10-25-8-6-23;1-5(2,3)4/h23H,2-22H2,1H3;(H2,1,2,3,4). The maximum Gasteiger partial charge on any atom is 0.394 e. The van der Waals surface area contributed by atoms with Gasteiger partial charge in [0.2, 0.25) is 0 Å². The highest BCUT2D eigenvalue weighted by Crippen LogP contribution is 1.98. The van der Waals surface area contributed by atoms with Gasteiger partial charge in [0.1, 0.15) is 0 Å². The Kier molecular flexibility index (Phi) is 34.0. The predicted molar refractivity (Wildman–Crippen MR) is 132 cm³/mol. The van der Waals surface area contributed by atoms with E-state index in [2.05, 4.69) is 6.92 Å². The average Bonchev–Trinajstić information content (AvgIpc) is 2.82. The fourth-order valence-electron chi connectivity index (χ4n) is 2.34. The maximum absolute atomic E-state index is 8.74. The molecule has 0 spiro atoms. The molecule has 0 aliphatic heterocycles. The Balaban J connectivity index is 0. The van der Waals surface area contributed by atoms with Crippen LogP contribution < -0.4 is 0 Å². The van der Waals surface area contributed by atoms with Crippen LogP contribution in [0.4, 0.5) is 0 Å². The van der Waals surface area contributed by atoms with Crippen LogP contribution in [0.25, 0.3) is 0 Å². The highest BCUT2D eigenvalue weighted by atomic mass is 32.3. The van der Waals surface area contributed by atoms with Crippen LogP contribution in [-0.4, -0.2) is 135 Å². The van der Waals surface area contributed by atoms with Gasteiger partial charge in [0.25, 0.3) is 0 Å². The molecule has 14 heteroatoms. The van der Waals surface area contributed by atoms with Crippen LogP contribution in [0, 0.1) is 0 Å². The van der Waals surface area contributed by atoms with Gasteiger partial charge in [0, 0.05) is 6.61 Å². The Morgan fingerprint density at radius 3 is 0.944 bits per heavy atom. The summed E-state index contributed by atoms with van der Waals surface area (Å²) in [4.78, 5) is 0. The van der Waals surface area contributed by atoms with Crippen molar-refractivity contribution in [1.29, 1.82) is 0 Å². The molecule has 0 aromatic heterocycles. The average molecular weight is 553 g/mol. The van der Waals surface area contributed by atoms with E-state index in [4.69, 9.17) is 60.5 Å². The highest BCUT2D eigenvalue weighted by Gasteiger charge is 1.95. The molecule has 0 amide bonds. The van der Waals surface area contributed by atoms with E-state index in [9.17, 15) is 0 Å². The molecule has 0 aliphatic carbocycles. The van der Waals surface area contributed by atoms with Crippen LogP contribution in [0.15, 0.2) is 0 Å². The third kappa shape index (κ3) is 46.8. The second-order valence-corrected chi connectivity index (χ2v) is 8.03. The molecular weight excluding hydrogens is 504 g/mol. The molecule has 0 saturated carbocycles. The van der Waals surface area contributed by atoms with Gasteiger partial charge in [-0.1, -0.05) is 26.2 Å². The number of hydrogen-bond donors (Lipinski definition) is 3. The van der Waals surface area contributed by atoms with Crippen molar-refractivity contribution in [1.82, 2.24) is 0 Å². The Morgan fingerprint density at radius 1 is 0.444 bits per heavy atom. The SMILES string of the molecule is CCCCCCOCCOCCOCCOCCOCCOCCOCCOCCO.O=S(=O)(O)O. The number of aliphatic hydroxyl groups excluding tert-OH is 1. The first-order valence-electron chi connectivity index (χ1n) is 12.3. The number of aliphatic hydroxyl groups is 1. The lowest BCUT2D eigenvalue weighted by molar-refractivity contribution is -0.0238. The molecule has 36 heavy (non-hydrogen) atoms. The molecule has 0 unspecified atom stereocenters. The van der Waals surface area contributed by atoms with E-state index in [1.165, 1.54) is 19.3 Å². The molecule has 220 valence electrons. The Hall–Kier alpha value is -0.490. The highest BCUT2D eigenvalue weighted by molar-refractivity contribution is 7.79. The Morgan fingerprint density at radius 2 is 0.694 bits per heavy atom. The van der Waals surface area contributed by atoms with Gasteiger partial charge in [-0.2, -0.15) is 8.42 Å². The summed E-state index contributed by atoms with van der Waals surface area (Å²) < 4.78 is 74.6. The lowest BCUT2D eigenvalue weighted by Crippen LogP contribution is -2.15. The van der Waals surface area contributed by atoms with Gasteiger partial charge in [-0.15, -0.1) is 0 Å². The third-order valence-corrected chi connectivity index (χ3v) is 3.98. The molecular formula is C22H48O13S. The first-order chi connectivity index (χ1) is 17.4. The molecule has 0 heterocycles. The summed E-state index contributed by atoms with van der Waals surface area (Å²) in [6, 6.07) is 0. The van der Waals surface area contributed by atoms with Crippen molar-refractivity contribution in [3.8, 4) is 0 Å². The van der Waals surface area contributed by atoms with E-state index >= 15 is 0 Å². The molecule has 0 aromatic carbocycles. The van der Waals surface area contributed by atoms with Crippen molar-refractivity contribution >= 4 is 10.4 Å². The zero-order valence-electron chi connectivity index (χ0n) is 21.7. The summed E-state index contributed by atoms with van der Waals surface area (Å²) in [5.74, 6) is 0. The van der Waals surface area contributed by atoms with Crippen molar-refractivity contribution in [3.63, 3.8) is 0 Å². The summed E-state index contributed by atoms with van der Waals surface area (Å²) in [6.45, 7) is 11.0. The first-order valence-corrected chi connectivity index (χ1v) is 13.7. The van der Waals surface area contributed by atoms with Crippen molar-refractivity contribution < 1.29 is 60.5 Å². The molecule has 0 atom stereocenters. The minimum absolute atomic E-state index is 0.0350. The minimum Gasteiger partial charge on any atom is -0.394 e. The fourth-order valence-corrected chi connectivity index (χ4v) is 2.34. The van der Waals surface area contributed by atoms with Crippen LogP contribution in [0.3, 0.4) is 0 Å². The Labute approximate surface area is 216 Å². The van der Waals surface area contributed by atoms with Crippen molar-refractivity contribution in [2.45, 2.75) is 32.6 Å². The molecule has 0 radical (unpaired) electrons. The summed E-state index contributed by atoms with van der Waals surface area (Å²) in [6.07, 6.45) is 4.91. The molecule has 13 nitrogen and oxygen atoms in total. The zero-order valence-corrected chi connectivity index (χ0v) is 22.5. The van der Waals surface area contributed by atoms with Crippen molar-refractivity contribution in [3.05, 3.63) is 0 Å². The fraction of sp³-hybridized carbons (Fsp3) is 1.00. The third-order valence-electron chi connectivity index (χ3n) is 3.98. The van der Waals surface area contributed by atoms with Gasteiger partial charge >= 0.3 is 10.4 Å². The second-order valence-electron chi connectivity index (χ2n) is 7.13. The van der Waals surface area contributed by atoms with E-state index in [0.29, 0.717) is 99.1 Å². The van der Waals surface area contributed by atoms with E-state index in [1.54, 1.807) is 0 Å². The molecule has 0 bridgehead atoms. The van der Waals surface area contributed by atoms with E-state index in [0.717, 1.165) is 13.0 Å². The maximum atomic E-state index is 8.74. The van der Waals surface area contributed by atoms with Crippen molar-refractivity contribution in [2.24, 2.45) is 0 Å². The normalized spacial score (nSPS) is 11.4. The number of ether oxygens (including phenoxy) is 8. The second kappa shape index (κ2) is 32.5. The number of rotatable bonds is 28. The lowest BCUT2D eigenvalue weighted by atomic mass is 10.2. The monoisotopic (exact) mass is 552 g/mol. The van der Waals surface area contributed by atoms with Gasteiger partial charge in [0.05, 0.1) is 106 Å². The topological polar surface area (TPSA) is 169 Å². The van der Waals surface area contributed by atoms with Gasteiger partial charge in [0.15, 0.2) is 0 Å². The van der Waals surface area contributed by atoms with Crippen LogP contribution in [-0.2, 0) is 48.3 Å². The van der Waals surface area contributed by atoms with Crippen LogP contribution in [0.2, 0.25) is 0 Å².